The van der Waals surface area contributed by atoms with E-state index >= 15 is 0 Å². The lowest BCUT2D eigenvalue weighted by Gasteiger charge is -2.32. The molecule has 3 nitrogen and oxygen atoms in total. The first-order chi connectivity index (χ1) is 9.40. The maximum atomic E-state index is 12.4. The normalized spacial score (nSPS) is 15.2. The highest BCUT2D eigenvalue weighted by Crippen LogP contribution is 2.23. The highest BCUT2D eigenvalue weighted by Gasteiger charge is 2.28. The number of likely N-dealkylation sites (N-methyl/N-ethyl adjacent to an activating group) is 1. The molecule has 0 heterocycles. The highest BCUT2D eigenvalue weighted by atomic mass is 16.3. The number of hydrogen-bond acceptors (Lipinski definition) is 2. The lowest BCUT2D eigenvalue weighted by Crippen LogP contribution is -2.42. The lowest BCUT2D eigenvalue weighted by atomic mass is 9.95. The van der Waals surface area contributed by atoms with Crippen molar-refractivity contribution in [3.05, 3.63) is 48.0 Å². The molecular weight excluding hydrogens is 250 g/mol. The van der Waals surface area contributed by atoms with Crippen molar-refractivity contribution in [2.24, 2.45) is 5.92 Å². The van der Waals surface area contributed by atoms with E-state index in [4.69, 9.17) is 0 Å². The van der Waals surface area contributed by atoms with E-state index in [2.05, 4.69) is 6.58 Å². The van der Waals surface area contributed by atoms with Gasteiger partial charge < -0.3 is 10.0 Å². The monoisotopic (exact) mass is 275 g/mol. The average molecular weight is 275 g/mol. The van der Waals surface area contributed by atoms with E-state index in [-0.39, 0.29) is 17.9 Å². The van der Waals surface area contributed by atoms with Crippen LogP contribution in [-0.4, -0.2) is 29.0 Å². The molecule has 0 aliphatic rings. The molecule has 1 amide bonds. The Hall–Kier alpha value is -1.61. The van der Waals surface area contributed by atoms with Gasteiger partial charge in [0.05, 0.1) is 18.1 Å². The second kappa shape index (κ2) is 7.25. The number of aliphatic hydroxyl groups is 1. The van der Waals surface area contributed by atoms with Gasteiger partial charge >= 0.3 is 0 Å². The van der Waals surface area contributed by atoms with E-state index in [1.54, 1.807) is 11.9 Å². The highest BCUT2D eigenvalue weighted by molar-refractivity contribution is 5.81. The van der Waals surface area contributed by atoms with Gasteiger partial charge in [-0.1, -0.05) is 49.4 Å². The standard InChI is InChI=1S/C17H25NO2/c1-6-15(12(2)3)17(20)18(5)13(4)16(19)14-10-8-7-9-11-14/h7-11,13,15-16,19H,2,6H2,1,3-5H3/t13-,15-,16+/m0/s1. The quantitative estimate of drug-likeness (QED) is 0.810. The summed E-state index contributed by atoms with van der Waals surface area (Å²) < 4.78 is 0. The van der Waals surface area contributed by atoms with Gasteiger partial charge in [0.25, 0.3) is 0 Å². The Morgan fingerprint density at radius 3 is 2.35 bits per heavy atom. The van der Waals surface area contributed by atoms with E-state index in [1.807, 2.05) is 51.1 Å². The predicted molar refractivity (Wildman–Crippen MR) is 82.2 cm³/mol. The van der Waals surface area contributed by atoms with Gasteiger partial charge in [-0.15, -0.1) is 0 Å². The van der Waals surface area contributed by atoms with E-state index < -0.39 is 6.10 Å². The van der Waals surface area contributed by atoms with Crippen LogP contribution in [0.1, 0.15) is 38.9 Å². The molecule has 3 atom stereocenters. The molecule has 0 saturated carbocycles. The van der Waals surface area contributed by atoms with Crippen molar-refractivity contribution in [3.63, 3.8) is 0 Å². The molecule has 0 saturated heterocycles. The van der Waals surface area contributed by atoms with Gasteiger partial charge in [0.1, 0.15) is 0 Å². The van der Waals surface area contributed by atoms with Crippen molar-refractivity contribution in [1.82, 2.24) is 4.90 Å². The molecule has 0 aliphatic carbocycles. The molecule has 1 rings (SSSR count). The Kier molecular flexibility index (Phi) is 5.96. The maximum Gasteiger partial charge on any atom is 0.229 e. The largest absolute Gasteiger partial charge is 0.386 e. The molecule has 1 aromatic carbocycles. The molecule has 110 valence electrons. The van der Waals surface area contributed by atoms with Crippen LogP contribution in [0.15, 0.2) is 42.5 Å². The molecule has 0 aliphatic heterocycles. The third-order valence-corrected chi connectivity index (χ3v) is 3.86. The summed E-state index contributed by atoms with van der Waals surface area (Å²) in [6.07, 6.45) is 0.0416. The number of benzene rings is 1. The van der Waals surface area contributed by atoms with Gasteiger partial charge in [0.15, 0.2) is 0 Å². The molecule has 3 heteroatoms. The van der Waals surface area contributed by atoms with E-state index in [9.17, 15) is 9.90 Å². The summed E-state index contributed by atoms with van der Waals surface area (Å²) in [7, 11) is 1.74. The molecule has 0 fully saturated rings. The fourth-order valence-electron chi connectivity index (χ4n) is 2.32. The smallest absolute Gasteiger partial charge is 0.229 e. The fourth-order valence-corrected chi connectivity index (χ4v) is 2.32. The van der Waals surface area contributed by atoms with Crippen LogP contribution < -0.4 is 0 Å². The number of amides is 1. The Morgan fingerprint density at radius 2 is 1.90 bits per heavy atom. The fraction of sp³-hybridized carbons (Fsp3) is 0.471. The van der Waals surface area contributed by atoms with Crippen molar-refractivity contribution in [3.8, 4) is 0 Å². The molecule has 0 bridgehead atoms. The summed E-state index contributed by atoms with van der Waals surface area (Å²) in [4.78, 5) is 14.1. The average Bonchev–Trinajstić information content (AvgIpc) is 2.46. The number of aliphatic hydroxyl groups excluding tert-OH is 1. The van der Waals surface area contributed by atoms with Crippen LogP contribution in [-0.2, 0) is 4.79 Å². The molecule has 1 aromatic rings. The van der Waals surface area contributed by atoms with Crippen LogP contribution in [0.5, 0.6) is 0 Å². The van der Waals surface area contributed by atoms with Crippen LogP contribution in [0.2, 0.25) is 0 Å². The first-order valence-electron chi connectivity index (χ1n) is 7.05. The first kappa shape index (κ1) is 16.4. The van der Waals surface area contributed by atoms with Crippen molar-refractivity contribution < 1.29 is 9.90 Å². The second-order valence-corrected chi connectivity index (χ2v) is 5.35. The molecule has 0 spiro atoms. The van der Waals surface area contributed by atoms with Gasteiger partial charge in [0, 0.05) is 7.05 Å². The molecule has 1 N–H and O–H groups in total. The maximum absolute atomic E-state index is 12.4. The van der Waals surface area contributed by atoms with Crippen molar-refractivity contribution in [1.29, 1.82) is 0 Å². The topological polar surface area (TPSA) is 40.5 Å². The van der Waals surface area contributed by atoms with Crippen LogP contribution in [0.4, 0.5) is 0 Å². The number of rotatable bonds is 6. The van der Waals surface area contributed by atoms with Crippen molar-refractivity contribution in [2.45, 2.75) is 39.3 Å². The second-order valence-electron chi connectivity index (χ2n) is 5.35. The Labute approximate surface area is 121 Å². The molecule has 20 heavy (non-hydrogen) atoms. The predicted octanol–water partition coefficient (Wildman–Crippen LogP) is 3.17. The Bertz CT molecular complexity index is 455. The van der Waals surface area contributed by atoms with Gasteiger partial charge in [-0.3, -0.25) is 4.79 Å². The lowest BCUT2D eigenvalue weighted by molar-refractivity contribution is -0.137. The minimum Gasteiger partial charge on any atom is -0.386 e. The van der Waals surface area contributed by atoms with Gasteiger partial charge in [-0.25, -0.2) is 0 Å². The van der Waals surface area contributed by atoms with Gasteiger partial charge in [-0.05, 0) is 25.8 Å². The number of carbonyl (C=O) groups excluding carboxylic acids is 1. The van der Waals surface area contributed by atoms with Crippen LogP contribution in [0.25, 0.3) is 0 Å². The summed E-state index contributed by atoms with van der Waals surface area (Å²) in [5.41, 5.74) is 1.69. The third kappa shape index (κ3) is 3.70. The zero-order valence-corrected chi connectivity index (χ0v) is 12.8. The number of nitrogens with zero attached hydrogens (tertiary/aromatic N) is 1. The first-order valence-corrected chi connectivity index (χ1v) is 7.05. The molecular formula is C17H25NO2. The van der Waals surface area contributed by atoms with E-state index in [0.717, 1.165) is 17.6 Å². The zero-order valence-electron chi connectivity index (χ0n) is 12.8. The molecule has 0 aromatic heterocycles. The van der Waals surface area contributed by atoms with Crippen molar-refractivity contribution >= 4 is 5.91 Å². The molecule has 0 radical (unpaired) electrons. The number of hydrogen-bond donors (Lipinski definition) is 1. The summed E-state index contributed by atoms with van der Waals surface area (Å²) in [6.45, 7) is 9.59. The summed E-state index contributed by atoms with van der Waals surface area (Å²) in [5.74, 6) is -0.159. The Morgan fingerprint density at radius 1 is 1.35 bits per heavy atom. The van der Waals surface area contributed by atoms with E-state index in [1.165, 1.54) is 0 Å². The summed E-state index contributed by atoms with van der Waals surface area (Å²) in [5, 5.41) is 10.4. The van der Waals surface area contributed by atoms with Gasteiger partial charge in [0.2, 0.25) is 5.91 Å². The number of carbonyl (C=O) groups is 1. The van der Waals surface area contributed by atoms with Crippen LogP contribution >= 0.6 is 0 Å². The van der Waals surface area contributed by atoms with Gasteiger partial charge in [-0.2, -0.15) is 0 Å². The minimum atomic E-state index is -0.687. The van der Waals surface area contributed by atoms with E-state index in [0.29, 0.717) is 0 Å². The zero-order chi connectivity index (χ0) is 15.3. The molecule has 0 unspecified atom stereocenters. The summed E-state index contributed by atoms with van der Waals surface area (Å²) in [6, 6.07) is 9.14. The third-order valence-electron chi connectivity index (χ3n) is 3.86. The SMILES string of the molecule is C=C(C)[C@H](CC)C(=O)N(C)[C@@H](C)[C@@H](O)c1ccccc1. The van der Waals surface area contributed by atoms with Crippen molar-refractivity contribution in [2.75, 3.05) is 7.05 Å². The Balaban J connectivity index is 2.83. The van der Waals surface area contributed by atoms with Crippen LogP contribution in [0.3, 0.4) is 0 Å². The minimum absolute atomic E-state index is 0.0162. The summed E-state index contributed by atoms with van der Waals surface area (Å²) >= 11 is 0. The van der Waals surface area contributed by atoms with Crippen LogP contribution in [0, 0.1) is 5.92 Å².